The molecule has 0 bridgehead atoms. The van der Waals surface area contributed by atoms with Gasteiger partial charge in [0.25, 0.3) is 0 Å². The first kappa shape index (κ1) is 28.3. The molecule has 0 heterocycles. The molecule has 2 rings (SSSR count). The van der Waals surface area contributed by atoms with Crippen LogP contribution in [0.3, 0.4) is 0 Å². The Balaban J connectivity index is 0.00000512. The molecule has 1 atom stereocenters. The van der Waals surface area contributed by atoms with Crippen LogP contribution in [0.1, 0.15) is 36.5 Å². The number of ether oxygens (including phenoxy) is 1. The van der Waals surface area contributed by atoms with Gasteiger partial charge in [0.1, 0.15) is 0 Å². The Morgan fingerprint density at radius 1 is 1.12 bits per heavy atom. The molecule has 0 spiro atoms. The van der Waals surface area contributed by atoms with Gasteiger partial charge in [-0.2, -0.15) is 0 Å². The van der Waals surface area contributed by atoms with E-state index < -0.39 is 10.0 Å². The van der Waals surface area contributed by atoms with Gasteiger partial charge < -0.3 is 15.4 Å². The summed E-state index contributed by atoms with van der Waals surface area (Å²) in [4.78, 5) is 4.85. The van der Waals surface area contributed by atoms with Crippen LogP contribution in [-0.2, 0) is 21.3 Å². The SMILES string of the molecule is CCNC(=NCc1cccc(S(=O)(=O)NCCOC)c1)NCC(C)c1ccc(C)cc1.I. The predicted molar refractivity (Wildman–Crippen MR) is 141 cm³/mol. The molecule has 0 radical (unpaired) electrons. The topological polar surface area (TPSA) is 91.8 Å². The summed E-state index contributed by atoms with van der Waals surface area (Å²) in [6.45, 7) is 8.67. The van der Waals surface area contributed by atoms with Crippen molar-refractivity contribution in [2.75, 3.05) is 33.4 Å². The number of nitrogens with one attached hydrogen (secondary N) is 3. The second-order valence-corrected chi connectivity index (χ2v) is 9.19. The highest BCUT2D eigenvalue weighted by atomic mass is 127. The normalized spacial score (nSPS) is 12.7. The Labute approximate surface area is 209 Å². The third-order valence-corrected chi connectivity index (χ3v) is 6.25. The maximum atomic E-state index is 12.4. The monoisotopic (exact) mass is 574 g/mol. The molecule has 32 heavy (non-hydrogen) atoms. The Hall–Kier alpha value is -1.69. The van der Waals surface area contributed by atoms with Crippen LogP contribution in [0.2, 0.25) is 0 Å². The van der Waals surface area contributed by atoms with Gasteiger partial charge >= 0.3 is 0 Å². The highest BCUT2D eigenvalue weighted by Crippen LogP contribution is 2.15. The number of hydrogen-bond donors (Lipinski definition) is 3. The second-order valence-electron chi connectivity index (χ2n) is 7.43. The van der Waals surface area contributed by atoms with Crippen molar-refractivity contribution >= 4 is 40.0 Å². The van der Waals surface area contributed by atoms with Crippen molar-refractivity contribution in [1.29, 1.82) is 0 Å². The number of methoxy groups -OCH3 is 1. The van der Waals surface area contributed by atoms with Crippen molar-refractivity contribution in [3.8, 4) is 0 Å². The van der Waals surface area contributed by atoms with E-state index >= 15 is 0 Å². The number of guanidine groups is 1. The van der Waals surface area contributed by atoms with Gasteiger partial charge in [0.05, 0.1) is 18.0 Å². The minimum absolute atomic E-state index is 0. The number of hydrogen-bond acceptors (Lipinski definition) is 4. The minimum Gasteiger partial charge on any atom is -0.383 e. The van der Waals surface area contributed by atoms with Gasteiger partial charge in [0.2, 0.25) is 10.0 Å². The van der Waals surface area contributed by atoms with E-state index in [0.717, 1.165) is 18.7 Å². The number of aryl methyl sites for hydroxylation is 1. The van der Waals surface area contributed by atoms with Crippen LogP contribution in [0.5, 0.6) is 0 Å². The van der Waals surface area contributed by atoms with Crippen LogP contribution in [0.15, 0.2) is 58.4 Å². The molecule has 0 aliphatic rings. The summed E-state index contributed by atoms with van der Waals surface area (Å²) in [7, 11) is -2.04. The second kappa shape index (κ2) is 14.5. The molecule has 178 valence electrons. The standard InChI is InChI=1S/C23H34N4O3S.HI/c1-5-24-23(25-16-19(3)21-11-9-18(2)10-12-21)26-17-20-7-6-8-22(15-20)31(28,29)27-13-14-30-4;/h6-12,15,19,27H,5,13-14,16-17H2,1-4H3,(H2,24,25,26);1H. The lowest BCUT2D eigenvalue weighted by atomic mass is 10.0. The molecule has 0 aliphatic heterocycles. The van der Waals surface area contributed by atoms with Crippen molar-refractivity contribution < 1.29 is 13.2 Å². The number of sulfonamides is 1. The third kappa shape index (κ3) is 9.43. The van der Waals surface area contributed by atoms with Gasteiger partial charge in [-0.05, 0) is 43.0 Å². The largest absolute Gasteiger partial charge is 0.383 e. The molecule has 7 nitrogen and oxygen atoms in total. The highest BCUT2D eigenvalue weighted by molar-refractivity contribution is 14.0. The average molecular weight is 575 g/mol. The molecular weight excluding hydrogens is 539 g/mol. The molecule has 1 unspecified atom stereocenters. The zero-order valence-corrected chi connectivity index (χ0v) is 22.4. The fourth-order valence-electron chi connectivity index (χ4n) is 2.95. The van der Waals surface area contributed by atoms with Crippen LogP contribution < -0.4 is 15.4 Å². The summed E-state index contributed by atoms with van der Waals surface area (Å²) in [5, 5.41) is 6.62. The summed E-state index contributed by atoms with van der Waals surface area (Å²) >= 11 is 0. The Kier molecular flexibility index (Phi) is 12.8. The van der Waals surface area contributed by atoms with E-state index in [4.69, 9.17) is 4.74 Å². The van der Waals surface area contributed by atoms with Crippen molar-refractivity contribution in [3.05, 3.63) is 65.2 Å². The molecule has 0 fully saturated rings. The Bertz CT molecular complexity index is 950. The quantitative estimate of drug-likeness (QED) is 0.166. The molecule has 0 saturated heterocycles. The van der Waals surface area contributed by atoms with Gasteiger partial charge in [0, 0.05) is 26.7 Å². The summed E-state index contributed by atoms with van der Waals surface area (Å²) in [5.74, 6) is 1.03. The van der Waals surface area contributed by atoms with Gasteiger partial charge in [0.15, 0.2) is 5.96 Å². The lowest BCUT2D eigenvalue weighted by Gasteiger charge is -2.16. The lowest BCUT2D eigenvalue weighted by Crippen LogP contribution is -2.39. The zero-order chi connectivity index (χ0) is 22.7. The van der Waals surface area contributed by atoms with Crippen LogP contribution >= 0.6 is 24.0 Å². The number of nitrogens with zero attached hydrogens (tertiary/aromatic N) is 1. The summed E-state index contributed by atoms with van der Waals surface area (Å²) < 4.78 is 32.2. The molecule has 2 aromatic rings. The maximum Gasteiger partial charge on any atom is 0.240 e. The average Bonchev–Trinajstić information content (AvgIpc) is 2.76. The first-order valence-corrected chi connectivity index (χ1v) is 12.0. The zero-order valence-electron chi connectivity index (χ0n) is 19.2. The minimum atomic E-state index is -3.57. The first-order chi connectivity index (χ1) is 14.9. The van der Waals surface area contributed by atoms with Crippen molar-refractivity contribution in [3.63, 3.8) is 0 Å². The van der Waals surface area contributed by atoms with Gasteiger partial charge in [-0.25, -0.2) is 18.1 Å². The van der Waals surface area contributed by atoms with E-state index in [0.29, 0.717) is 25.0 Å². The first-order valence-electron chi connectivity index (χ1n) is 10.5. The van der Waals surface area contributed by atoms with E-state index in [9.17, 15) is 8.42 Å². The fourth-order valence-corrected chi connectivity index (χ4v) is 4.03. The van der Waals surface area contributed by atoms with Crippen LogP contribution in [-0.4, -0.2) is 47.7 Å². The van der Waals surface area contributed by atoms with Gasteiger partial charge in [-0.3, -0.25) is 0 Å². The van der Waals surface area contributed by atoms with Crippen molar-refractivity contribution in [2.24, 2.45) is 4.99 Å². The third-order valence-electron chi connectivity index (χ3n) is 4.79. The van der Waals surface area contributed by atoms with Crippen molar-refractivity contribution in [1.82, 2.24) is 15.4 Å². The van der Waals surface area contributed by atoms with Crippen LogP contribution in [0.4, 0.5) is 0 Å². The van der Waals surface area contributed by atoms with Crippen LogP contribution in [0, 0.1) is 6.92 Å². The van der Waals surface area contributed by atoms with E-state index in [1.54, 1.807) is 18.2 Å². The van der Waals surface area contributed by atoms with Crippen molar-refractivity contribution in [2.45, 2.75) is 38.1 Å². The highest BCUT2D eigenvalue weighted by Gasteiger charge is 2.13. The molecule has 2 aromatic carbocycles. The Morgan fingerprint density at radius 3 is 2.50 bits per heavy atom. The van der Waals surface area contributed by atoms with E-state index in [1.807, 2.05) is 13.0 Å². The van der Waals surface area contributed by atoms with Gasteiger partial charge in [-0.1, -0.05) is 48.9 Å². The molecule has 0 aliphatic carbocycles. The molecule has 0 saturated carbocycles. The number of benzene rings is 2. The molecule has 9 heteroatoms. The van der Waals surface area contributed by atoms with E-state index in [-0.39, 0.29) is 35.4 Å². The number of halogens is 1. The van der Waals surface area contributed by atoms with Gasteiger partial charge in [-0.15, -0.1) is 24.0 Å². The van der Waals surface area contributed by atoms with E-state index in [2.05, 4.69) is 58.5 Å². The molecule has 0 aromatic heterocycles. The number of rotatable bonds is 11. The maximum absolute atomic E-state index is 12.4. The summed E-state index contributed by atoms with van der Waals surface area (Å²) in [6.07, 6.45) is 0. The van der Waals surface area contributed by atoms with E-state index in [1.165, 1.54) is 18.2 Å². The smallest absolute Gasteiger partial charge is 0.240 e. The predicted octanol–water partition coefficient (Wildman–Crippen LogP) is 3.40. The summed E-state index contributed by atoms with van der Waals surface area (Å²) in [6, 6.07) is 15.4. The number of aliphatic imine (C=N–C) groups is 1. The Morgan fingerprint density at radius 2 is 1.84 bits per heavy atom. The molecular formula is C23H35IN4O3S. The molecule has 3 N–H and O–H groups in total. The van der Waals surface area contributed by atoms with Crippen LogP contribution in [0.25, 0.3) is 0 Å². The summed E-state index contributed by atoms with van der Waals surface area (Å²) in [5.41, 5.74) is 3.34. The lowest BCUT2D eigenvalue weighted by molar-refractivity contribution is 0.204. The fraction of sp³-hybridized carbons (Fsp3) is 0.435. The molecule has 0 amide bonds.